The van der Waals surface area contributed by atoms with Crippen LogP contribution in [0.1, 0.15) is 5.89 Å². The van der Waals surface area contributed by atoms with E-state index in [2.05, 4.69) is 25.3 Å². The molecule has 0 fully saturated rings. The molecule has 32 heavy (non-hydrogen) atoms. The molecule has 7 nitrogen and oxygen atoms in total. The maximum atomic E-state index is 13.5. The minimum Gasteiger partial charge on any atom is -0.338 e. The van der Waals surface area contributed by atoms with Crippen LogP contribution in [0.5, 0.6) is 0 Å². The van der Waals surface area contributed by atoms with Gasteiger partial charge in [0.05, 0.1) is 5.75 Å². The fourth-order valence-corrected chi connectivity index (χ4v) is 4.04. The number of rotatable bonds is 6. The Labute approximate surface area is 191 Å². The van der Waals surface area contributed by atoms with Crippen molar-refractivity contribution in [3.63, 3.8) is 0 Å². The summed E-state index contributed by atoms with van der Waals surface area (Å²) in [5.74, 6) is 1.57. The fraction of sp³-hybridized carbons (Fsp3) is 0.0455. The van der Waals surface area contributed by atoms with E-state index in [0.29, 0.717) is 33.5 Å². The van der Waals surface area contributed by atoms with Gasteiger partial charge in [0.25, 0.3) is 0 Å². The highest BCUT2D eigenvalue weighted by molar-refractivity contribution is 7.98. The number of halogens is 2. The second-order valence-electron chi connectivity index (χ2n) is 6.66. The molecular weight excluding hydrogens is 451 g/mol. The molecule has 3 aromatic heterocycles. The van der Waals surface area contributed by atoms with Gasteiger partial charge in [-0.2, -0.15) is 4.98 Å². The van der Waals surface area contributed by atoms with Crippen molar-refractivity contribution >= 4 is 23.4 Å². The van der Waals surface area contributed by atoms with Crippen LogP contribution >= 0.6 is 23.4 Å². The first-order valence-electron chi connectivity index (χ1n) is 9.50. The number of thioether (sulfide) groups is 1. The van der Waals surface area contributed by atoms with Gasteiger partial charge in [-0.05, 0) is 48.5 Å². The average molecular weight is 465 g/mol. The van der Waals surface area contributed by atoms with Gasteiger partial charge < -0.3 is 4.52 Å². The van der Waals surface area contributed by atoms with Gasteiger partial charge in [0.1, 0.15) is 5.82 Å². The Kier molecular flexibility index (Phi) is 5.66. The van der Waals surface area contributed by atoms with Crippen LogP contribution in [0, 0.1) is 5.82 Å². The molecule has 5 aromatic rings. The number of benzene rings is 2. The zero-order valence-corrected chi connectivity index (χ0v) is 18.0. The van der Waals surface area contributed by atoms with Crippen LogP contribution in [0.2, 0.25) is 5.02 Å². The number of nitrogens with zero attached hydrogens (tertiary/aromatic N) is 6. The Morgan fingerprint density at radius 1 is 0.969 bits per heavy atom. The Hall–Kier alpha value is -3.56. The molecule has 0 radical (unpaired) electrons. The van der Waals surface area contributed by atoms with Crippen molar-refractivity contribution in [3.8, 4) is 28.5 Å². The Balaban J connectivity index is 1.44. The minimum atomic E-state index is -0.319. The summed E-state index contributed by atoms with van der Waals surface area (Å²) in [6.45, 7) is 0. The van der Waals surface area contributed by atoms with Crippen LogP contribution in [-0.2, 0) is 5.75 Å². The number of hydrogen-bond donors (Lipinski definition) is 0. The predicted octanol–water partition coefficient (Wildman–Crippen LogP) is 5.46. The Morgan fingerprint density at radius 2 is 1.78 bits per heavy atom. The molecule has 0 atom stereocenters. The summed E-state index contributed by atoms with van der Waals surface area (Å²) < 4.78 is 20.7. The van der Waals surface area contributed by atoms with Gasteiger partial charge in [0.15, 0.2) is 11.0 Å². The van der Waals surface area contributed by atoms with Crippen LogP contribution in [0.3, 0.4) is 0 Å². The molecule has 0 aliphatic carbocycles. The van der Waals surface area contributed by atoms with E-state index in [9.17, 15) is 4.39 Å². The molecular formula is C22H14ClFN6OS. The van der Waals surface area contributed by atoms with Crippen molar-refractivity contribution in [3.05, 3.63) is 89.8 Å². The lowest BCUT2D eigenvalue weighted by molar-refractivity contribution is 0.391. The number of hydrogen-bond acceptors (Lipinski definition) is 7. The quantitative estimate of drug-likeness (QED) is 0.308. The summed E-state index contributed by atoms with van der Waals surface area (Å²) >= 11 is 7.43. The third kappa shape index (κ3) is 4.25. The van der Waals surface area contributed by atoms with Gasteiger partial charge in [-0.25, -0.2) is 4.39 Å². The van der Waals surface area contributed by atoms with Crippen LogP contribution in [-0.4, -0.2) is 29.9 Å². The first-order chi connectivity index (χ1) is 15.7. The van der Waals surface area contributed by atoms with E-state index in [-0.39, 0.29) is 5.82 Å². The first-order valence-corrected chi connectivity index (χ1v) is 10.9. The second-order valence-corrected chi connectivity index (χ2v) is 8.04. The van der Waals surface area contributed by atoms with Crippen molar-refractivity contribution in [2.75, 3.05) is 0 Å². The van der Waals surface area contributed by atoms with Crippen LogP contribution in [0.15, 0.2) is 82.7 Å². The topological polar surface area (TPSA) is 82.5 Å². The van der Waals surface area contributed by atoms with E-state index < -0.39 is 0 Å². The molecule has 0 saturated carbocycles. The van der Waals surface area contributed by atoms with Gasteiger partial charge in [0, 0.05) is 34.2 Å². The smallest absolute Gasteiger partial charge is 0.237 e. The summed E-state index contributed by atoms with van der Waals surface area (Å²) in [5.41, 5.74) is 2.34. The molecule has 0 aliphatic heterocycles. The summed E-state index contributed by atoms with van der Waals surface area (Å²) in [7, 11) is 0. The lowest BCUT2D eigenvalue weighted by atomic mass is 10.2. The maximum absolute atomic E-state index is 13.5. The van der Waals surface area contributed by atoms with E-state index >= 15 is 0 Å². The molecule has 5 rings (SSSR count). The van der Waals surface area contributed by atoms with E-state index in [0.717, 1.165) is 16.8 Å². The standard InChI is InChI=1S/C22H14ClFN6OS/c23-16-3-1-2-15(12-16)20-26-19(31-29-20)13-32-22-28-27-21(14-8-10-25-11-9-14)30(22)18-6-4-17(24)5-7-18/h1-12H,13H2. The molecule has 3 heterocycles. The van der Waals surface area contributed by atoms with E-state index in [4.69, 9.17) is 16.1 Å². The fourth-order valence-electron chi connectivity index (χ4n) is 3.06. The highest BCUT2D eigenvalue weighted by Crippen LogP contribution is 2.30. The van der Waals surface area contributed by atoms with Crippen LogP contribution in [0.25, 0.3) is 28.5 Å². The predicted molar refractivity (Wildman–Crippen MR) is 119 cm³/mol. The normalized spacial score (nSPS) is 11.1. The molecule has 158 valence electrons. The average Bonchev–Trinajstić information content (AvgIpc) is 3.46. The third-order valence-corrected chi connectivity index (χ3v) is 5.68. The highest BCUT2D eigenvalue weighted by atomic mass is 35.5. The monoisotopic (exact) mass is 464 g/mol. The zero-order valence-electron chi connectivity index (χ0n) is 16.4. The highest BCUT2D eigenvalue weighted by Gasteiger charge is 2.18. The van der Waals surface area contributed by atoms with Gasteiger partial charge >= 0.3 is 0 Å². The first kappa shape index (κ1) is 20.3. The molecule has 0 aliphatic rings. The summed E-state index contributed by atoms with van der Waals surface area (Å²) in [5, 5.41) is 13.9. The number of aromatic nitrogens is 6. The maximum Gasteiger partial charge on any atom is 0.237 e. The van der Waals surface area contributed by atoms with E-state index in [1.165, 1.54) is 23.9 Å². The SMILES string of the molecule is Fc1ccc(-n2c(SCc3nc(-c4cccc(Cl)c4)no3)nnc2-c2ccncc2)cc1. The van der Waals surface area contributed by atoms with Crippen molar-refractivity contribution in [1.29, 1.82) is 0 Å². The van der Waals surface area contributed by atoms with Crippen molar-refractivity contribution in [1.82, 2.24) is 29.9 Å². The lowest BCUT2D eigenvalue weighted by Gasteiger charge is -2.09. The van der Waals surface area contributed by atoms with Gasteiger partial charge in [-0.1, -0.05) is 40.7 Å². The van der Waals surface area contributed by atoms with Crippen LogP contribution < -0.4 is 0 Å². The third-order valence-electron chi connectivity index (χ3n) is 4.53. The largest absolute Gasteiger partial charge is 0.338 e. The minimum absolute atomic E-state index is 0.319. The molecule has 0 amide bonds. The van der Waals surface area contributed by atoms with E-state index in [1.807, 2.05) is 28.8 Å². The summed E-state index contributed by atoms with van der Waals surface area (Å²) in [4.78, 5) is 8.50. The van der Waals surface area contributed by atoms with Crippen LogP contribution in [0.4, 0.5) is 4.39 Å². The number of pyridine rings is 1. The molecule has 10 heteroatoms. The molecule has 0 N–H and O–H groups in total. The molecule has 0 saturated heterocycles. The second kappa shape index (κ2) is 8.89. The summed E-state index contributed by atoms with van der Waals surface area (Å²) in [6.07, 6.45) is 3.36. The van der Waals surface area contributed by atoms with Gasteiger partial charge in [-0.15, -0.1) is 10.2 Å². The molecule has 0 unspecified atom stereocenters. The van der Waals surface area contributed by atoms with Crippen molar-refractivity contribution in [2.45, 2.75) is 10.9 Å². The van der Waals surface area contributed by atoms with Gasteiger partial charge in [0.2, 0.25) is 11.7 Å². The lowest BCUT2D eigenvalue weighted by Crippen LogP contribution is -2.00. The van der Waals surface area contributed by atoms with Crippen molar-refractivity contribution < 1.29 is 8.91 Å². The zero-order chi connectivity index (χ0) is 21.9. The Bertz CT molecular complexity index is 1360. The van der Waals surface area contributed by atoms with Crippen molar-refractivity contribution in [2.24, 2.45) is 0 Å². The van der Waals surface area contributed by atoms with Gasteiger partial charge in [-0.3, -0.25) is 9.55 Å². The molecule has 0 bridgehead atoms. The Morgan fingerprint density at radius 3 is 2.56 bits per heavy atom. The molecule has 0 spiro atoms. The summed E-state index contributed by atoms with van der Waals surface area (Å²) in [6, 6.07) is 17.1. The van der Waals surface area contributed by atoms with E-state index in [1.54, 1.807) is 36.7 Å². The molecule has 2 aromatic carbocycles.